The van der Waals surface area contributed by atoms with Gasteiger partial charge >= 0.3 is 6.03 Å². The van der Waals surface area contributed by atoms with Crippen LogP contribution in [0.5, 0.6) is 0 Å². The summed E-state index contributed by atoms with van der Waals surface area (Å²) in [4.78, 5) is 12.8. The van der Waals surface area contributed by atoms with Crippen molar-refractivity contribution in [2.24, 2.45) is 0 Å². The Labute approximate surface area is 80.7 Å². The van der Waals surface area contributed by atoms with E-state index in [9.17, 15) is 4.79 Å². The molecule has 0 saturated heterocycles. The number of carbonyl (C=O) groups is 1. The van der Waals surface area contributed by atoms with Crippen molar-refractivity contribution in [2.45, 2.75) is 20.3 Å². The summed E-state index contributed by atoms with van der Waals surface area (Å²) in [5.41, 5.74) is 0. The van der Waals surface area contributed by atoms with Crippen LogP contribution in [0.3, 0.4) is 0 Å². The maximum absolute atomic E-state index is 11.2. The Morgan fingerprint density at radius 3 is 2.46 bits per heavy atom. The van der Waals surface area contributed by atoms with Crippen LogP contribution in [-0.4, -0.2) is 44.2 Å². The molecule has 0 atom stereocenters. The number of urea groups is 1. The van der Waals surface area contributed by atoms with Crippen LogP contribution >= 0.6 is 0 Å². The van der Waals surface area contributed by atoms with Crippen LogP contribution in [0.2, 0.25) is 0 Å². The molecule has 0 aromatic carbocycles. The van der Waals surface area contributed by atoms with Crippen molar-refractivity contribution in [3.05, 3.63) is 0 Å². The Bertz CT molecular complexity index is 139. The summed E-state index contributed by atoms with van der Waals surface area (Å²) in [6.45, 7) is 7.37. The molecule has 0 aliphatic heterocycles. The molecule has 0 aliphatic carbocycles. The summed E-state index contributed by atoms with van der Waals surface area (Å²) in [7, 11) is 1.79. The summed E-state index contributed by atoms with van der Waals surface area (Å²) in [5, 5.41) is 6.03. The SMILES string of the molecule is CCCNCCNC(=O)N(C)CC. The minimum absolute atomic E-state index is 0.000739. The van der Waals surface area contributed by atoms with E-state index in [4.69, 9.17) is 0 Å². The fourth-order valence-electron chi connectivity index (χ4n) is 0.838. The van der Waals surface area contributed by atoms with E-state index in [0.29, 0.717) is 6.54 Å². The van der Waals surface area contributed by atoms with Crippen molar-refractivity contribution < 1.29 is 4.79 Å². The van der Waals surface area contributed by atoms with Gasteiger partial charge in [-0.15, -0.1) is 0 Å². The molecule has 0 fully saturated rings. The van der Waals surface area contributed by atoms with Crippen LogP contribution in [-0.2, 0) is 0 Å². The largest absolute Gasteiger partial charge is 0.337 e. The quantitative estimate of drug-likeness (QED) is 0.600. The fourth-order valence-corrected chi connectivity index (χ4v) is 0.838. The molecule has 0 rings (SSSR count). The number of carbonyl (C=O) groups excluding carboxylic acids is 1. The Kier molecular flexibility index (Phi) is 7.39. The molecule has 0 bridgehead atoms. The zero-order valence-corrected chi connectivity index (χ0v) is 8.89. The molecule has 0 saturated carbocycles. The summed E-state index contributed by atoms with van der Waals surface area (Å²) in [6.07, 6.45) is 1.13. The van der Waals surface area contributed by atoms with E-state index in [1.807, 2.05) is 6.92 Å². The van der Waals surface area contributed by atoms with Crippen LogP contribution in [0.4, 0.5) is 4.79 Å². The van der Waals surface area contributed by atoms with Crippen LogP contribution in [0, 0.1) is 0 Å². The normalized spacial score (nSPS) is 9.77. The minimum atomic E-state index is 0.000739. The summed E-state index contributed by atoms with van der Waals surface area (Å²) in [5.74, 6) is 0. The van der Waals surface area contributed by atoms with E-state index >= 15 is 0 Å². The van der Waals surface area contributed by atoms with Crippen LogP contribution in [0.15, 0.2) is 0 Å². The molecule has 13 heavy (non-hydrogen) atoms. The van der Waals surface area contributed by atoms with Crippen LogP contribution < -0.4 is 10.6 Å². The second-order valence-corrected chi connectivity index (χ2v) is 3.00. The fraction of sp³-hybridized carbons (Fsp3) is 0.889. The highest BCUT2D eigenvalue weighted by molar-refractivity contribution is 5.73. The molecule has 0 aliphatic rings. The first-order valence-electron chi connectivity index (χ1n) is 4.92. The topological polar surface area (TPSA) is 44.4 Å². The second kappa shape index (κ2) is 7.86. The molecule has 0 spiro atoms. The summed E-state index contributed by atoms with van der Waals surface area (Å²) >= 11 is 0. The Hall–Kier alpha value is -0.770. The van der Waals surface area contributed by atoms with Gasteiger partial charge in [-0.1, -0.05) is 6.92 Å². The average Bonchev–Trinajstić information content (AvgIpc) is 2.16. The van der Waals surface area contributed by atoms with E-state index in [0.717, 1.165) is 26.1 Å². The lowest BCUT2D eigenvalue weighted by atomic mass is 10.5. The summed E-state index contributed by atoms with van der Waals surface area (Å²) in [6, 6.07) is 0.000739. The van der Waals surface area contributed by atoms with Gasteiger partial charge in [-0.3, -0.25) is 0 Å². The molecule has 4 nitrogen and oxygen atoms in total. The second-order valence-electron chi connectivity index (χ2n) is 3.00. The lowest BCUT2D eigenvalue weighted by Gasteiger charge is -2.15. The van der Waals surface area contributed by atoms with Gasteiger partial charge in [0, 0.05) is 26.7 Å². The molecule has 0 heterocycles. The molecule has 0 aromatic heterocycles. The lowest BCUT2D eigenvalue weighted by Crippen LogP contribution is -2.40. The molecule has 4 heteroatoms. The average molecular weight is 187 g/mol. The number of amides is 2. The molecule has 0 aromatic rings. The zero-order valence-electron chi connectivity index (χ0n) is 8.89. The highest BCUT2D eigenvalue weighted by atomic mass is 16.2. The number of hydrogen-bond acceptors (Lipinski definition) is 2. The van der Waals surface area contributed by atoms with E-state index in [-0.39, 0.29) is 6.03 Å². The van der Waals surface area contributed by atoms with Gasteiger partial charge in [-0.2, -0.15) is 0 Å². The highest BCUT2D eigenvalue weighted by Crippen LogP contribution is 1.80. The number of hydrogen-bond donors (Lipinski definition) is 2. The first kappa shape index (κ1) is 12.2. The molecule has 78 valence electrons. The molecular weight excluding hydrogens is 166 g/mol. The van der Waals surface area contributed by atoms with Gasteiger partial charge in [0.15, 0.2) is 0 Å². The van der Waals surface area contributed by atoms with Gasteiger partial charge in [0.1, 0.15) is 0 Å². The standard InChI is InChI=1S/C9H21N3O/c1-4-6-10-7-8-11-9(13)12(3)5-2/h10H,4-8H2,1-3H3,(H,11,13). The smallest absolute Gasteiger partial charge is 0.317 e. The van der Waals surface area contributed by atoms with Gasteiger partial charge in [0.25, 0.3) is 0 Å². The van der Waals surface area contributed by atoms with Gasteiger partial charge in [-0.05, 0) is 19.9 Å². The van der Waals surface area contributed by atoms with Crippen molar-refractivity contribution in [3.63, 3.8) is 0 Å². The Morgan fingerprint density at radius 1 is 1.23 bits per heavy atom. The Morgan fingerprint density at radius 2 is 1.92 bits per heavy atom. The zero-order chi connectivity index (χ0) is 10.1. The van der Waals surface area contributed by atoms with Crippen molar-refractivity contribution in [3.8, 4) is 0 Å². The number of nitrogens with one attached hydrogen (secondary N) is 2. The van der Waals surface area contributed by atoms with Gasteiger partial charge < -0.3 is 15.5 Å². The molecule has 2 N–H and O–H groups in total. The monoisotopic (exact) mass is 187 g/mol. The van der Waals surface area contributed by atoms with Crippen molar-refractivity contribution >= 4 is 6.03 Å². The molecule has 0 radical (unpaired) electrons. The molecule has 2 amide bonds. The maximum Gasteiger partial charge on any atom is 0.317 e. The number of rotatable bonds is 6. The van der Waals surface area contributed by atoms with E-state index in [1.54, 1.807) is 11.9 Å². The predicted molar refractivity (Wildman–Crippen MR) is 54.9 cm³/mol. The van der Waals surface area contributed by atoms with Crippen LogP contribution in [0.25, 0.3) is 0 Å². The van der Waals surface area contributed by atoms with Gasteiger partial charge in [-0.25, -0.2) is 4.79 Å². The first-order valence-corrected chi connectivity index (χ1v) is 4.92. The van der Waals surface area contributed by atoms with E-state index in [1.165, 1.54) is 0 Å². The third kappa shape index (κ3) is 6.40. The first-order chi connectivity index (χ1) is 6.22. The van der Waals surface area contributed by atoms with Crippen molar-refractivity contribution in [2.75, 3.05) is 33.2 Å². The number of nitrogens with zero attached hydrogens (tertiary/aromatic N) is 1. The maximum atomic E-state index is 11.2. The third-order valence-electron chi connectivity index (χ3n) is 1.83. The van der Waals surface area contributed by atoms with Crippen LogP contribution in [0.1, 0.15) is 20.3 Å². The van der Waals surface area contributed by atoms with Gasteiger partial charge in [0.05, 0.1) is 0 Å². The van der Waals surface area contributed by atoms with Crippen molar-refractivity contribution in [1.82, 2.24) is 15.5 Å². The molecular formula is C9H21N3O. The lowest BCUT2D eigenvalue weighted by molar-refractivity contribution is 0.211. The van der Waals surface area contributed by atoms with E-state index < -0.39 is 0 Å². The van der Waals surface area contributed by atoms with Crippen molar-refractivity contribution in [1.29, 1.82) is 0 Å². The predicted octanol–water partition coefficient (Wildman–Crippen LogP) is 0.647. The molecule has 0 unspecified atom stereocenters. The van der Waals surface area contributed by atoms with Gasteiger partial charge in [0.2, 0.25) is 0 Å². The highest BCUT2D eigenvalue weighted by Gasteiger charge is 2.02. The third-order valence-corrected chi connectivity index (χ3v) is 1.83. The summed E-state index contributed by atoms with van der Waals surface area (Å²) < 4.78 is 0. The minimum Gasteiger partial charge on any atom is -0.337 e. The van der Waals surface area contributed by atoms with E-state index in [2.05, 4.69) is 17.6 Å². The Balaban J connectivity index is 3.27.